The van der Waals surface area contributed by atoms with Gasteiger partial charge in [0, 0.05) is 26.4 Å². The molecule has 0 spiro atoms. The number of carbonyl (C=O) groups is 2. The molecule has 1 rings (SSSR count). The van der Waals surface area contributed by atoms with Gasteiger partial charge in [0.1, 0.15) is 5.82 Å². The molecule has 0 unspecified atom stereocenters. The molecule has 0 aromatic heterocycles. The fraction of sp³-hybridized carbons (Fsp3) is 0.467. The van der Waals surface area contributed by atoms with Gasteiger partial charge in [-0.25, -0.2) is 4.39 Å². The molecule has 0 saturated heterocycles. The zero-order valence-electron chi connectivity index (χ0n) is 12.0. The van der Waals surface area contributed by atoms with Crippen molar-refractivity contribution in [3.8, 4) is 0 Å². The van der Waals surface area contributed by atoms with Gasteiger partial charge in [-0.05, 0) is 18.6 Å². The standard InChI is InChI=1S/C15H21FN2O2/c1-3-4-9-15(20)17-10-11-18(12(2)19)14-8-6-5-7-13(14)16/h5-8H,3-4,9-11H2,1-2H3,(H,17,20). The van der Waals surface area contributed by atoms with Crippen molar-refractivity contribution in [2.45, 2.75) is 33.1 Å². The first kappa shape index (κ1) is 16.1. The predicted molar refractivity (Wildman–Crippen MR) is 77.0 cm³/mol. The number of benzene rings is 1. The molecule has 1 aromatic rings. The third-order valence-electron chi connectivity index (χ3n) is 2.94. The first-order chi connectivity index (χ1) is 9.56. The Morgan fingerprint density at radius 1 is 1.30 bits per heavy atom. The lowest BCUT2D eigenvalue weighted by Gasteiger charge is -2.21. The van der Waals surface area contributed by atoms with Crippen LogP contribution in [0.15, 0.2) is 24.3 Å². The maximum Gasteiger partial charge on any atom is 0.224 e. The lowest BCUT2D eigenvalue weighted by molar-refractivity contribution is -0.121. The van der Waals surface area contributed by atoms with Gasteiger partial charge in [-0.15, -0.1) is 0 Å². The molecule has 20 heavy (non-hydrogen) atoms. The molecule has 1 aromatic carbocycles. The van der Waals surface area contributed by atoms with Crippen LogP contribution in [0.25, 0.3) is 0 Å². The second kappa shape index (κ2) is 8.30. The Kier molecular flexibility index (Phi) is 6.70. The topological polar surface area (TPSA) is 49.4 Å². The lowest BCUT2D eigenvalue weighted by Crippen LogP contribution is -2.37. The van der Waals surface area contributed by atoms with Crippen LogP contribution in [0, 0.1) is 5.82 Å². The minimum atomic E-state index is -0.444. The van der Waals surface area contributed by atoms with E-state index in [-0.39, 0.29) is 24.0 Å². The fourth-order valence-electron chi connectivity index (χ4n) is 1.85. The summed E-state index contributed by atoms with van der Waals surface area (Å²) in [5.74, 6) is -0.734. The molecular weight excluding hydrogens is 259 g/mol. The van der Waals surface area contributed by atoms with Gasteiger partial charge < -0.3 is 10.2 Å². The van der Waals surface area contributed by atoms with Gasteiger partial charge in [0.15, 0.2) is 0 Å². The van der Waals surface area contributed by atoms with E-state index in [0.29, 0.717) is 13.0 Å². The van der Waals surface area contributed by atoms with Crippen molar-refractivity contribution < 1.29 is 14.0 Å². The smallest absolute Gasteiger partial charge is 0.224 e. The van der Waals surface area contributed by atoms with Crippen molar-refractivity contribution in [1.29, 1.82) is 0 Å². The number of unbranched alkanes of at least 4 members (excludes halogenated alkanes) is 1. The van der Waals surface area contributed by atoms with Gasteiger partial charge in [0.2, 0.25) is 11.8 Å². The van der Waals surface area contributed by atoms with Crippen molar-refractivity contribution in [3.63, 3.8) is 0 Å². The number of anilines is 1. The Morgan fingerprint density at radius 3 is 2.60 bits per heavy atom. The third kappa shape index (κ3) is 4.99. The van der Waals surface area contributed by atoms with Gasteiger partial charge >= 0.3 is 0 Å². The lowest BCUT2D eigenvalue weighted by atomic mass is 10.2. The highest BCUT2D eigenvalue weighted by Gasteiger charge is 2.15. The van der Waals surface area contributed by atoms with E-state index in [1.54, 1.807) is 18.2 Å². The summed E-state index contributed by atoms with van der Waals surface area (Å²) in [7, 11) is 0. The molecule has 0 bridgehead atoms. The molecule has 0 atom stereocenters. The average Bonchev–Trinajstić information content (AvgIpc) is 2.42. The van der Waals surface area contributed by atoms with E-state index in [4.69, 9.17) is 0 Å². The van der Waals surface area contributed by atoms with Crippen LogP contribution in [0.5, 0.6) is 0 Å². The summed E-state index contributed by atoms with van der Waals surface area (Å²) < 4.78 is 13.7. The summed E-state index contributed by atoms with van der Waals surface area (Å²) in [6, 6.07) is 6.11. The number of nitrogens with one attached hydrogen (secondary N) is 1. The predicted octanol–water partition coefficient (Wildman–Crippen LogP) is 2.49. The summed E-state index contributed by atoms with van der Waals surface area (Å²) >= 11 is 0. The molecule has 0 aliphatic rings. The van der Waals surface area contributed by atoms with E-state index in [2.05, 4.69) is 5.32 Å². The van der Waals surface area contributed by atoms with Crippen LogP contribution in [0.3, 0.4) is 0 Å². The Balaban J connectivity index is 2.55. The molecule has 2 amide bonds. The molecule has 4 nitrogen and oxygen atoms in total. The van der Waals surface area contributed by atoms with E-state index in [9.17, 15) is 14.0 Å². The first-order valence-electron chi connectivity index (χ1n) is 6.85. The normalized spacial score (nSPS) is 10.2. The molecule has 1 N–H and O–H groups in total. The number of hydrogen-bond donors (Lipinski definition) is 1. The number of carbonyl (C=O) groups excluding carboxylic acids is 2. The second-order valence-electron chi connectivity index (χ2n) is 4.58. The van der Waals surface area contributed by atoms with Crippen LogP contribution in [0.4, 0.5) is 10.1 Å². The van der Waals surface area contributed by atoms with Crippen molar-refractivity contribution in [2.24, 2.45) is 0 Å². The zero-order valence-corrected chi connectivity index (χ0v) is 12.0. The van der Waals surface area contributed by atoms with Crippen LogP contribution >= 0.6 is 0 Å². The fourth-order valence-corrected chi connectivity index (χ4v) is 1.85. The van der Waals surface area contributed by atoms with Crippen LogP contribution in [0.1, 0.15) is 33.1 Å². The summed E-state index contributed by atoms with van der Waals surface area (Å²) in [5.41, 5.74) is 0.239. The summed E-state index contributed by atoms with van der Waals surface area (Å²) in [6.07, 6.45) is 2.29. The first-order valence-corrected chi connectivity index (χ1v) is 6.85. The Hall–Kier alpha value is -1.91. The average molecular weight is 280 g/mol. The van der Waals surface area contributed by atoms with E-state index in [0.717, 1.165) is 12.8 Å². The molecule has 0 radical (unpaired) electrons. The maximum absolute atomic E-state index is 13.7. The number of para-hydroxylation sites is 1. The summed E-state index contributed by atoms with van der Waals surface area (Å²) in [6.45, 7) is 3.97. The van der Waals surface area contributed by atoms with Gasteiger partial charge in [-0.2, -0.15) is 0 Å². The zero-order chi connectivity index (χ0) is 15.0. The third-order valence-corrected chi connectivity index (χ3v) is 2.94. The molecule has 0 aliphatic heterocycles. The van der Waals surface area contributed by atoms with Crippen molar-refractivity contribution in [2.75, 3.05) is 18.0 Å². The van der Waals surface area contributed by atoms with Crippen LogP contribution in [-0.4, -0.2) is 24.9 Å². The van der Waals surface area contributed by atoms with Gasteiger partial charge in [-0.1, -0.05) is 25.5 Å². The molecule has 0 saturated carbocycles. The Morgan fingerprint density at radius 2 is 2.00 bits per heavy atom. The second-order valence-corrected chi connectivity index (χ2v) is 4.58. The van der Waals surface area contributed by atoms with Crippen molar-refractivity contribution in [3.05, 3.63) is 30.1 Å². The van der Waals surface area contributed by atoms with Crippen LogP contribution < -0.4 is 10.2 Å². The molecule has 0 heterocycles. The van der Waals surface area contributed by atoms with E-state index in [1.807, 2.05) is 6.92 Å². The van der Waals surface area contributed by atoms with E-state index in [1.165, 1.54) is 17.9 Å². The number of halogens is 1. The highest BCUT2D eigenvalue weighted by molar-refractivity contribution is 5.91. The van der Waals surface area contributed by atoms with Gasteiger partial charge in [0.25, 0.3) is 0 Å². The van der Waals surface area contributed by atoms with Crippen molar-refractivity contribution >= 4 is 17.5 Å². The number of rotatable bonds is 7. The van der Waals surface area contributed by atoms with Gasteiger partial charge in [0.05, 0.1) is 5.69 Å². The van der Waals surface area contributed by atoms with Gasteiger partial charge in [-0.3, -0.25) is 9.59 Å². The number of hydrogen-bond acceptors (Lipinski definition) is 2. The van der Waals surface area contributed by atoms with Crippen molar-refractivity contribution in [1.82, 2.24) is 5.32 Å². The molecular formula is C15H21FN2O2. The maximum atomic E-state index is 13.7. The highest BCUT2D eigenvalue weighted by atomic mass is 19.1. The monoisotopic (exact) mass is 280 g/mol. The summed E-state index contributed by atoms with van der Waals surface area (Å²) in [5, 5.41) is 2.74. The van der Waals surface area contributed by atoms with Crippen LogP contribution in [0.2, 0.25) is 0 Å². The summed E-state index contributed by atoms with van der Waals surface area (Å²) in [4.78, 5) is 24.4. The number of amides is 2. The molecule has 5 heteroatoms. The van der Waals surface area contributed by atoms with E-state index >= 15 is 0 Å². The largest absolute Gasteiger partial charge is 0.354 e. The molecule has 0 fully saturated rings. The van der Waals surface area contributed by atoms with E-state index < -0.39 is 5.82 Å². The highest BCUT2D eigenvalue weighted by Crippen LogP contribution is 2.18. The quantitative estimate of drug-likeness (QED) is 0.834. The molecule has 110 valence electrons. The Bertz CT molecular complexity index is 463. The number of nitrogens with zero attached hydrogens (tertiary/aromatic N) is 1. The Labute approximate surface area is 119 Å². The molecule has 0 aliphatic carbocycles. The SMILES string of the molecule is CCCCC(=O)NCCN(C(C)=O)c1ccccc1F. The minimum absolute atomic E-state index is 0.0381. The minimum Gasteiger partial charge on any atom is -0.354 e. The van der Waals surface area contributed by atoms with Crippen LogP contribution in [-0.2, 0) is 9.59 Å².